The summed E-state index contributed by atoms with van der Waals surface area (Å²) in [4.78, 5) is 4.89. The summed E-state index contributed by atoms with van der Waals surface area (Å²) in [5, 5.41) is 11.7. The molecule has 1 unspecified atom stereocenters. The molecule has 6 rings (SSSR count). The molecule has 3 aliphatic carbocycles. The molecule has 2 heterocycles. The number of piperidine rings is 1. The van der Waals surface area contributed by atoms with Crippen molar-refractivity contribution < 1.29 is 4.52 Å². The average Bonchev–Trinajstić information content (AvgIpc) is 3.63. The van der Waals surface area contributed by atoms with Crippen molar-refractivity contribution in [3.05, 3.63) is 47.6 Å². The molecule has 148 valence electrons. The molecule has 0 amide bonds. The lowest BCUT2D eigenvalue weighted by molar-refractivity contribution is 0.0461. The van der Waals surface area contributed by atoms with Gasteiger partial charge >= 0.3 is 0 Å². The zero-order valence-corrected chi connectivity index (χ0v) is 16.5. The molecule has 2 atom stereocenters. The van der Waals surface area contributed by atoms with Gasteiger partial charge in [0.25, 0.3) is 0 Å². The van der Waals surface area contributed by atoms with E-state index < -0.39 is 0 Å². The standard InChI is InChI=1S/C23H30N4O/c1-2-4-16(5-3-1)18-12-19(18)25-15-23(6-7-23)21-26-20(28-27-21)17-13-22(14-17)8-10-24-11-9-22/h1-5,17-19,24-25H,6-15H2/t18?,19-/m0/s1. The molecule has 0 bridgehead atoms. The molecule has 1 aromatic carbocycles. The smallest absolute Gasteiger partial charge is 0.229 e. The van der Waals surface area contributed by atoms with Crippen LogP contribution >= 0.6 is 0 Å². The van der Waals surface area contributed by atoms with Crippen LogP contribution in [0.5, 0.6) is 0 Å². The number of rotatable bonds is 6. The van der Waals surface area contributed by atoms with E-state index in [2.05, 4.69) is 46.1 Å². The molecule has 4 fully saturated rings. The van der Waals surface area contributed by atoms with Gasteiger partial charge in [0, 0.05) is 29.8 Å². The Balaban J connectivity index is 1.05. The van der Waals surface area contributed by atoms with E-state index in [9.17, 15) is 0 Å². The molecule has 2 N–H and O–H groups in total. The Morgan fingerprint density at radius 2 is 1.86 bits per heavy atom. The Kier molecular flexibility index (Phi) is 3.92. The lowest BCUT2D eigenvalue weighted by Gasteiger charge is -2.49. The average molecular weight is 379 g/mol. The summed E-state index contributed by atoms with van der Waals surface area (Å²) in [6, 6.07) is 11.5. The summed E-state index contributed by atoms with van der Waals surface area (Å²) in [5.41, 5.74) is 2.15. The highest BCUT2D eigenvalue weighted by atomic mass is 16.5. The third-order valence-corrected chi connectivity index (χ3v) is 7.86. The summed E-state index contributed by atoms with van der Waals surface area (Å²) in [6.45, 7) is 3.32. The lowest BCUT2D eigenvalue weighted by Crippen LogP contribution is -2.44. The molecule has 4 aliphatic rings. The first-order valence-electron chi connectivity index (χ1n) is 11.1. The van der Waals surface area contributed by atoms with E-state index in [0.29, 0.717) is 23.3 Å². The molecular weight excluding hydrogens is 348 g/mol. The van der Waals surface area contributed by atoms with Crippen LogP contribution in [0.1, 0.15) is 74.1 Å². The summed E-state index contributed by atoms with van der Waals surface area (Å²) in [5.74, 6) is 3.03. The molecule has 5 heteroatoms. The van der Waals surface area contributed by atoms with E-state index in [4.69, 9.17) is 9.51 Å². The van der Waals surface area contributed by atoms with Crippen molar-refractivity contribution in [1.82, 2.24) is 20.8 Å². The van der Waals surface area contributed by atoms with Gasteiger partial charge in [-0.3, -0.25) is 0 Å². The number of nitrogens with one attached hydrogen (secondary N) is 2. The van der Waals surface area contributed by atoms with E-state index in [0.717, 1.165) is 18.3 Å². The van der Waals surface area contributed by atoms with Gasteiger partial charge in [0.2, 0.25) is 5.89 Å². The largest absolute Gasteiger partial charge is 0.339 e. The van der Waals surface area contributed by atoms with Crippen molar-refractivity contribution >= 4 is 0 Å². The van der Waals surface area contributed by atoms with Crippen LogP contribution in [0.3, 0.4) is 0 Å². The van der Waals surface area contributed by atoms with E-state index in [-0.39, 0.29) is 5.41 Å². The van der Waals surface area contributed by atoms with E-state index in [1.54, 1.807) is 0 Å². The van der Waals surface area contributed by atoms with Crippen LogP contribution in [0.15, 0.2) is 34.9 Å². The van der Waals surface area contributed by atoms with Gasteiger partial charge < -0.3 is 15.2 Å². The highest BCUT2D eigenvalue weighted by molar-refractivity contribution is 5.28. The van der Waals surface area contributed by atoms with Crippen LogP contribution in [-0.4, -0.2) is 35.8 Å². The molecule has 1 spiro atoms. The van der Waals surface area contributed by atoms with Crippen LogP contribution < -0.4 is 10.6 Å². The van der Waals surface area contributed by atoms with E-state index >= 15 is 0 Å². The normalized spacial score (nSPS) is 30.1. The molecular formula is C23H30N4O. The lowest BCUT2D eigenvalue weighted by atomic mass is 9.58. The maximum absolute atomic E-state index is 5.74. The second-order valence-corrected chi connectivity index (χ2v) is 9.83. The maximum atomic E-state index is 5.74. The zero-order valence-electron chi connectivity index (χ0n) is 16.5. The Labute approximate surface area is 166 Å². The van der Waals surface area contributed by atoms with Gasteiger partial charge in [-0.1, -0.05) is 35.5 Å². The summed E-state index contributed by atoms with van der Waals surface area (Å²) < 4.78 is 5.74. The van der Waals surface area contributed by atoms with Crippen molar-refractivity contribution in [3.63, 3.8) is 0 Å². The van der Waals surface area contributed by atoms with Crippen LogP contribution in [-0.2, 0) is 5.41 Å². The van der Waals surface area contributed by atoms with Crippen molar-refractivity contribution in [1.29, 1.82) is 0 Å². The Hall–Kier alpha value is -1.72. The minimum absolute atomic E-state index is 0.127. The highest BCUT2D eigenvalue weighted by Crippen LogP contribution is 2.56. The molecule has 3 saturated carbocycles. The van der Waals surface area contributed by atoms with E-state index in [1.807, 2.05) is 0 Å². The monoisotopic (exact) mass is 378 g/mol. The first-order valence-corrected chi connectivity index (χ1v) is 11.1. The van der Waals surface area contributed by atoms with Crippen molar-refractivity contribution in [2.75, 3.05) is 19.6 Å². The molecule has 2 aromatic rings. The number of hydrogen-bond donors (Lipinski definition) is 2. The molecule has 1 aliphatic heterocycles. The van der Waals surface area contributed by atoms with Crippen LogP contribution in [0.25, 0.3) is 0 Å². The van der Waals surface area contributed by atoms with Gasteiger partial charge in [0.1, 0.15) is 0 Å². The van der Waals surface area contributed by atoms with Gasteiger partial charge in [-0.05, 0) is 69.0 Å². The van der Waals surface area contributed by atoms with Crippen molar-refractivity contribution in [3.8, 4) is 0 Å². The van der Waals surface area contributed by atoms with Crippen molar-refractivity contribution in [2.45, 2.75) is 68.2 Å². The molecule has 28 heavy (non-hydrogen) atoms. The summed E-state index contributed by atoms with van der Waals surface area (Å²) in [6.07, 6.45) is 8.70. The number of nitrogens with zero attached hydrogens (tertiary/aromatic N) is 2. The Bertz CT molecular complexity index is 829. The maximum Gasteiger partial charge on any atom is 0.229 e. The minimum Gasteiger partial charge on any atom is -0.339 e. The second kappa shape index (κ2) is 6.39. The fraction of sp³-hybridized carbons (Fsp3) is 0.652. The van der Waals surface area contributed by atoms with Gasteiger partial charge in [-0.15, -0.1) is 0 Å². The van der Waals surface area contributed by atoms with Gasteiger partial charge in [-0.2, -0.15) is 4.98 Å². The third kappa shape index (κ3) is 3.00. The predicted octanol–water partition coefficient (Wildman–Crippen LogP) is 3.49. The van der Waals surface area contributed by atoms with Crippen LogP contribution in [0.4, 0.5) is 0 Å². The Morgan fingerprint density at radius 1 is 1.07 bits per heavy atom. The van der Waals surface area contributed by atoms with Gasteiger partial charge in [-0.25, -0.2) is 0 Å². The van der Waals surface area contributed by atoms with Gasteiger partial charge in [0.15, 0.2) is 5.82 Å². The fourth-order valence-electron chi connectivity index (χ4n) is 5.59. The third-order valence-electron chi connectivity index (χ3n) is 7.86. The highest BCUT2D eigenvalue weighted by Gasteiger charge is 2.52. The van der Waals surface area contributed by atoms with Crippen LogP contribution in [0, 0.1) is 5.41 Å². The van der Waals surface area contributed by atoms with Crippen LogP contribution in [0.2, 0.25) is 0 Å². The number of hydrogen-bond acceptors (Lipinski definition) is 5. The number of benzene rings is 1. The predicted molar refractivity (Wildman–Crippen MR) is 107 cm³/mol. The topological polar surface area (TPSA) is 63.0 Å². The fourth-order valence-corrected chi connectivity index (χ4v) is 5.59. The minimum atomic E-state index is 0.127. The summed E-state index contributed by atoms with van der Waals surface area (Å²) >= 11 is 0. The quantitative estimate of drug-likeness (QED) is 0.806. The molecule has 5 nitrogen and oxygen atoms in total. The first kappa shape index (κ1) is 17.2. The van der Waals surface area contributed by atoms with Crippen molar-refractivity contribution in [2.24, 2.45) is 5.41 Å². The SMILES string of the molecule is c1ccc(C2C[C@@H]2NCC2(c3noc(C4CC5(CCNCC5)C4)n3)CC2)cc1. The van der Waals surface area contributed by atoms with E-state index in [1.165, 1.54) is 63.6 Å². The van der Waals surface area contributed by atoms with Gasteiger partial charge in [0.05, 0.1) is 0 Å². The molecule has 1 saturated heterocycles. The second-order valence-electron chi connectivity index (χ2n) is 9.83. The molecule has 1 aromatic heterocycles. The number of aromatic nitrogens is 2. The zero-order chi connectivity index (χ0) is 18.6. The summed E-state index contributed by atoms with van der Waals surface area (Å²) in [7, 11) is 0. The first-order chi connectivity index (χ1) is 13.8. The molecule has 0 radical (unpaired) electrons. The Morgan fingerprint density at radius 3 is 2.61 bits per heavy atom.